The molecule has 0 radical (unpaired) electrons. The molecule has 0 spiro atoms. The van der Waals surface area contributed by atoms with E-state index in [0.717, 1.165) is 12.1 Å². The van der Waals surface area contributed by atoms with E-state index in [1.165, 1.54) is 12.1 Å². The maximum absolute atomic E-state index is 11.7. The maximum Gasteiger partial charge on any atom is 0.346 e. The lowest BCUT2D eigenvalue weighted by Crippen LogP contribution is -2.21. The number of carboxylic acids is 2. The number of cyclic esters (lactones) is 2. The van der Waals surface area contributed by atoms with Gasteiger partial charge < -0.3 is 14.9 Å². The summed E-state index contributed by atoms with van der Waals surface area (Å²) in [7, 11) is 0. The molecule has 1 aliphatic heterocycles. The zero-order chi connectivity index (χ0) is 15.3. The third-order valence-corrected chi connectivity index (χ3v) is 3.25. The van der Waals surface area contributed by atoms with E-state index in [1.54, 1.807) is 0 Å². The summed E-state index contributed by atoms with van der Waals surface area (Å²) in [4.78, 5) is 46.0. The number of ether oxygens (including phenoxy) is 1. The molecule has 1 aliphatic rings. The summed E-state index contributed by atoms with van der Waals surface area (Å²) in [5.41, 5.74) is -0.661. The topological polar surface area (TPSA) is 118 Å². The third-order valence-electron chi connectivity index (χ3n) is 3.25. The Hall–Kier alpha value is -3.22. The molecule has 2 aromatic carbocycles. The normalized spacial score (nSPS) is 13.1. The van der Waals surface area contributed by atoms with E-state index in [0.29, 0.717) is 0 Å². The fourth-order valence-electron chi connectivity index (χ4n) is 2.39. The first-order valence-electron chi connectivity index (χ1n) is 5.74. The molecule has 7 heteroatoms. The van der Waals surface area contributed by atoms with E-state index in [9.17, 15) is 29.4 Å². The van der Waals surface area contributed by atoms with Crippen LogP contribution in [-0.4, -0.2) is 34.1 Å². The predicted octanol–water partition coefficient (Wildman–Crippen LogP) is 1.55. The Labute approximate surface area is 116 Å². The molecular formula is C14H6O7. The second kappa shape index (κ2) is 4.14. The van der Waals surface area contributed by atoms with Crippen molar-refractivity contribution >= 4 is 34.6 Å². The third kappa shape index (κ3) is 1.68. The fourth-order valence-corrected chi connectivity index (χ4v) is 2.39. The molecule has 0 bridgehead atoms. The van der Waals surface area contributed by atoms with Gasteiger partial charge >= 0.3 is 23.9 Å². The van der Waals surface area contributed by atoms with Crippen LogP contribution in [-0.2, 0) is 4.74 Å². The number of hydrogen-bond donors (Lipinski definition) is 2. The summed E-state index contributed by atoms with van der Waals surface area (Å²) < 4.78 is 4.53. The van der Waals surface area contributed by atoms with Crippen molar-refractivity contribution in [2.75, 3.05) is 0 Å². The molecule has 2 N–H and O–H groups in total. The average Bonchev–Trinajstić information content (AvgIpc) is 2.43. The van der Waals surface area contributed by atoms with Crippen molar-refractivity contribution in [3.8, 4) is 0 Å². The van der Waals surface area contributed by atoms with Crippen LogP contribution in [0.5, 0.6) is 0 Å². The van der Waals surface area contributed by atoms with Crippen molar-refractivity contribution in [2.24, 2.45) is 0 Å². The van der Waals surface area contributed by atoms with E-state index in [-0.39, 0.29) is 33.0 Å². The highest BCUT2D eigenvalue weighted by Gasteiger charge is 2.31. The lowest BCUT2D eigenvalue weighted by Gasteiger charge is -2.17. The Morgan fingerprint density at radius 3 is 1.57 bits per heavy atom. The van der Waals surface area contributed by atoms with E-state index < -0.39 is 23.9 Å². The van der Waals surface area contributed by atoms with Gasteiger partial charge in [0.25, 0.3) is 0 Å². The zero-order valence-electron chi connectivity index (χ0n) is 10.2. The molecule has 2 aromatic rings. The highest BCUT2D eigenvalue weighted by molar-refractivity contribution is 6.26. The van der Waals surface area contributed by atoms with Crippen molar-refractivity contribution in [2.45, 2.75) is 0 Å². The van der Waals surface area contributed by atoms with Gasteiger partial charge in [0.05, 0.1) is 22.3 Å². The molecule has 0 fully saturated rings. The molecule has 0 saturated carbocycles. The van der Waals surface area contributed by atoms with Crippen molar-refractivity contribution in [3.05, 3.63) is 46.5 Å². The van der Waals surface area contributed by atoms with Gasteiger partial charge in [-0.05, 0) is 24.3 Å². The Morgan fingerprint density at radius 2 is 1.19 bits per heavy atom. The monoisotopic (exact) mass is 286 g/mol. The number of aromatic carboxylic acids is 2. The first-order valence-corrected chi connectivity index (χ1v) is 5.74. The SMILES string of the molecule is O=C(O)c1ccc2c3c(ccc(C(=O)O)c13)C(=O)OC2=O. The molecule has 0 saturated heterocycles. The summed E-state index contributed by atoms with van der Waals surface area (Å²) >= 11 is 0. The zero-order valence-corrected chi connectivity index (χ0v) is 10.2. The number of carbonyl (C=O) groups is 4. The number of hydrogen-bond acceptors (Lipinski definition) is 5. The summed E-state index contributed by atoms with van der Waals surface area (Å²) in [5, 5.41) is 18.2. The molecule has 7 nitrogen and oxygen atoms in total. The van der Waals surface area contributed by atoms with Gasteiger partial charge in [-0.3, -0.25) is 0 Å². The fraction of sp³-hybridized carbons (Fsp3) is 0. The number of carbonyl (C=O) groups excluding carboxylic acids is 2. The second-order valence-electron chi connectivity index (χ2n) is 4.36. The van der Waals surface area contributed by atoms with Gasteiger partial charge in [-0.1, -0.05) is 0 Å². The van der Waals surface area contributed by atoms with Crippen LogP contribution in [0.15, 0.2) is 24.3 Å². The highest BCUT2D eigenvalue weighted by Crippen LogP contribution is 2.33. The minimum absolute atomic E-state index is 0.00366. The van der Waals surface area contributed by atoms with Crippen molar-refractivity contribution < 1.29 is 34.1 Å². The van der Waals surface area contributed by atoms with Crippen molar-refractivity contribution in [3.63, 3.8) is 0 Å². The predicted molar refractivity (Wildman–Crippen MR) is 67.6 cm³/mol. The largest absolute Gasteiger partial charge is 0.478 e. The second-order valence-corrected chi connectivity index (χ2v) is 4.36. The molecule has 0 atom stereocenters. The standard InChI is InChI=1S/C14H6O7/c15-11(16)5-1-3-7-10-8(14(20)21-13(7)19)4-2-6(9(5)10)12(17)18/h1-4H,(H,15,16)(H,17,18). The Bertz CT molecular complexity index is 796. The van der Waals surface area contributed by atoms with Crippen LogP contribution >= 0.6 is 0 Å². The van der Waals surface area contributed by atoms with Gasteiger partial charge in [0.2, 0.25) is 0 Å². The number of rotatable bonds is 2. The van der Waals surface area contributed by atoms with Gasteiger partial charge in [0.1, 0.15) is 0 Å². The van der Waals surface area contributed by atoms with E-state index in [2.05, 4.69) is 4.74 Å². The van der Waals surface area contributed by atoms with Crippen LogP contribution in [0.1, 0.15) is 41.4 Å². The number of esters is 2. The minimum Gasteiger partial charge on any atom is -0.478 e. The molecule has 0 unspecified atom stereocenters. The molecule has 21 heavy (non-hydrogen) atoms. The van der Waals surface area contributed by atoms with Crippen LogP contribution in [0.25, 0.3) is 10.8 Å². The van der Waals surface area contributed by atoms with Gasteiger partial charge in [-0.2, -0.15) is 0 Å². The van der Waals surface area contributed by atoms with Gasteiger partial charge in [0, 0.05) is 10.8 Å². The van der Waals surface area contributed by atoms with Crippen molar-refractivity contribution in [1.29, 1.82) is 0 Å². The number of benzene rings is 2. The summed E-state index contributed by atoms with van der Waals surface area (Å²) in [6.07, 6.45) is 0. The highest BCUT2D eigenvalue weighted by atomic mass is 16.6. The van der Waals surface area contributed by atoms with E-state index in [1.807, 2.05) is 0 Å². The van der Waals surface area contributed by atoms with Crippen LogP contribution < -0.4 is 0 Å². The van der Waals surface area contributed by atoms with Crippen LogP contribution in [0.3, 0.4) is 0 Å². The van der Waals surface area contributed by atoms with Crippen LogP contribution in [0.2, 0.25) is 0 Å². The Kier molecular flexibility index (Phi) is 2.52. The summed E-state index contributed by atoms with van der Waals surface area (Å²) in [6, 6.07) is 4.64. The first-order chi connectivity index (χ1) is 9.91. The molecule has 104 valence electrons. The quantitative estimate of drug-likeness (QED) is 0.635. The van der Waals surface area contributed by atoms with Gasteiger partial charge in [-0.25, -0.2) is 19.2 Å². The lowest BCUT2D eigenvalue weighted by atomic mass is 9.90. The Morgan fingerprint density at radius 1 is 0.762 bits per heavy atom. The molecule has 0 aliphatic carbocycles. The number of carboxylic acid groups (broad SMARTS) is 2. The van der Waals surface area contributed by atoms with E-state index in [4.69, 9.17) is 0 Å². The molecule has 0 aromatic heterocycles. The smallest absolute Gasteiger partial charge is 0.346 e. The summed E-state index contributed by atoms with van der Waals surface area (Å²) in [6.45, 7) is 0. The molecular weight excluding hydrogens is 280 g/mol. The first kappa shape index (κ1) is 12.8. The molecule has 3 rings (SSSR count). The van der Waals surface area contributed by atoms with Gasteiger partial charge in [0.15, 0.2) is 0 Å². The Balaban J connectivity index is 2.60. The molecule has 1 heterocycles. The van der Waals surface area contributed by atoms with Crippen LogP contribution in [0, 0.1) is 0 Å². The average molecular weight is 286 g/mol. The maximum atomic E-state index is 11.7. The van der Waals surface area contributed by atoms with Crippen LogP contribution in [0.4, 0.5) is 0 Å². The molecule has 0 amide bonds. The van der Waals surface area contributed by atoms with Gasteiger partial charge in [-0.15, -0.1) is 0 Å². The van der Waals surface area contributed by atoms with E-state index >= 15 is 0 Å². The van der Waals surface area contributed by atoms with Crippen molar-refractivity contribution in [1.82, 2.24) is 0 Å². The lowest BCUT2D eigenvalue weighted by molar-refractivity contribution is 0.0389. The minimum atomic E-state index is -1.35. The summed E-state index contributed by atoms with van der Waals surface area (Å²) in [5.74, 6) is -4.57.